The van der Waals surface area contributed by atoms with Crippen molar-refractivity contribution in [3.8, 4) is 0 Å². The monoisotopic (exact) mass is 259 g/mol. The lowest BCUT2D eigenvalue weighted by atomic mass is 9.77. The van der Waals surface area contributed by atoms with Gasteiger partial charge in [0.25, 0.3) is 0 Å². The molecule has 1 aliphatic rings. The van der Waals surface area contributed by atoms with Crippen molar-refractivity contribution in [3.05, 3.63) is 35.9 Å². The molecule has 4 atom stereocenters. The number of nitrogens with one attached hydrogen (secondary N) is 1. The smallest absolute Gasteiger partial charge is 0.0345 e. The highest BCUT2D eigenvalue weighted by Crippen LogP contribution is 2.32. The predicted octanol–water partition coefficient (Wildman–Crippen LogP) is 4.80. The van der Waals surface area contributed by atoms with E-state index in [0.717, 1.165) is 11.8 Å². The van der Waals surface area contributed by atoms with E-state index in [-0.39, 0.29) is 0 Å². The van der Waals surface area contributed by atoms with Crippen LogP contribution in [0.4, 0.5) is 0 Å². The van der Waals surface area contributed by atoms with E-state index >= 15 is 0 Å². The van der Waals surface area contributed by atoms with Crippen molar-refractivity contribution in [3.63, 3.8) is 0 Å². The zero-order valence-corrected chi connectivity index (χ0v) is 12.9. The third-order valence-electron chi connectivity index (χ3n) is 4.93. The molecule has 1 nitrogen and oxygen atoms in total. The van der Waals surface area contributed by atoms with Crippen molar-refractivity contribution in [2.24, 2.45) is 17.8 Å². The maximum atomic E-state index is 3.95. The Hall–Kier alpha value is -0.820. The van der Waals surface area contributed by atoms with Gasteiger partial charge in [0, 0.05) is 12.1 Å². The number of hydrogen-bond donors (Lipinski definition) is 1. The summed E-state index contributed by atoms with van der Waals surface area (Å²) >= 11 is 0. The number of hydrogen-bond acceptors (Lipinski definition) is 1. The molecule has 0 radical (unpaired) electrons. The largest absolute Gasteiger partial charge is 0.307 e. The fourth-order valence-electron chi connectivity index (χ4n) is 3.38. The number of benzene rings is 1. The second kappa shape index (κ2) is 6.56. The highest BCUT2D eigenvalue weighted by Gasteiger charge is 2.29. The van der Waals surface area contributed by atoms with Crippen LogP contribution in [0.3, 0.4) is 0 Å². The van der Waals surface area contributed by atoms with Gasteiger partial charge in [-0.25, -0.2) is 0 Å². The summed E-state index contributed by atoms with van der Waals surface area (Å²) in [7, 11) is 0. The van der Waals surface area contributed by atoms with Gasteiger partial charge in [0.15, 0.2) is 0 Å². The summed E-state index contributed by atoms with van der Waals surface area (Å²) in [5.74, 6) is 2.28. The topological polar surface area (TPSA) is 12.0 Å². The van der Waals surface area contributed by atoms with Gasteiger partial charge in [0.05, 0.1) is 0 Å². The van der Waals surface area contributed by atoms with E-state index in [1.807, 2.05) is 0 Å². The molecule has 1 heteroatoms. The van der Waals surface area contributed by atoms with Crippen molar-refractivity contribution in [2.75, 3.05) is 0 Å². The standard InChI is InChI=1S/C18H29N/c1-13(2)18(16-10-6-5-7-11-16)19-17-12-8-9-14(3)15(17)4/h5-7,10-11,13-15,17-19H,8-9,12H2,1-4H3. The molecule has 0 amide bonds. The van der Waals surface area contributed by atoms with Crippen LogP contribution < -0.4 is 5.32 Å². The van der Waals surface area contributed by atoms with Gasteiger partial charge in [-0.15, -0.1) is 0 Å². The summed E-state index contributed by atoms with van der Waals surface area (Å²) in [6.45, 7) is 9.47. The fraction of sp³-hybridized carbons (Fsp3) is 0.667. The minimum absolute atomic E-state index is 0.485. The van der Waals surface area contributed by atoms with E-state index in [1.165, 1.54) is 24.8 Å². The Bertz CT molecular complexity index is 371. The normalized spacial score (nSPS) is 29.4. The number of rotatable bonds is 4. The van der Waals surface area contributed by atoms with Crippen LogP contribution in [0.25, 0.3) is 0 Å². The molecule has 1 saturated carbocycles. The van der Waals surface area contributed by atoms with E-state index in [0.29, 0.717) is 18.0 Å². The van der Waals surface area contributed by atoms with E-state index in [4.69, 9.17) is 0 Å². The first-order valence-electron chi connectivity index (χ1n) is 7.90. The molecule has 19 heavy (non-hydrogen) atoms. The Kier molecular flexibility index (Phi) is 5.04. The lowest BCUT2D eigenvalue weighted by Crippen LogP contribution is -2.43. The van der Waals surface area contributed by atoms with E-state index in [2.05, 4.69) is 63.3 Å². The molecular weight excluding hydrogens is 230 g/mol. The van der Waals surface area contributed by atoms with Gasteiger partial charge in [-0.3, -0.25) is 0 Å². The van der Waals surface area contributed by atoms with Crippen LogP contribution in [0.2, 0.25) is 0 Å². The van der Waals surface area contributed by atoms with Crippen molar-refractivity contribution in [2.45, 2.75) is 59.0 Å². The molecule has 1 aromatic carbocycles. The molecule has 1 fully saturated rings. The minimum atomic E-state index is 0.485. The summed E-state index contributed by atoms with van der Waals surface area (Å²) in [6, 6.07) is 12.1. The lowest BCUT2D eigenvalue weighted by molar-refractivity contribution is 0.182. The molecule has 1 aromatic rings. The fourth-order valence-corrected chi connectivity index (χ4v) is 3.38. The molecule has 106 valence electrons. The third kappa shape index (κ3) is 3.60. The average Bonchev–Trinajstić information content (AvgIpc) is 2.41. The van der Waals surface area contributed by atoms with Gasteiger partial charge in [-0.1, -0.05) is 70.9 Å². The van der Waals surface area contributed by atoms with Crippen molar-refractivity contribution in [1.82, 2.24) is 5.32 Å². The Morgan fingerprint density at radius 3 is 2.37 bits per heavy atom. The molecule has 1 aliphatic carbocycles. The summed E-state index contributed by atoms with van der Waals surface area (Å²) < 4.78 is 0. The van der Waals surface area contributed by atoms with Gasteiger partial charge in [-0.2, -0.15) is 0 Å². The second-order valence-electron chi connectivity index (χ2n) is 6.67. The Morgan fingerprint density at radius 1 is 1.05 bits per heavy atom. The molecule has 0 spiro atoms. The Labute approximate surface area is 118 Å². The summed E-state index contributed by atoms with van der Waals surface area (Å²) in [5, 5.41) is 3.95. The first kappa shape index (κ1) is 14.6. The maximum Gasteiger partial charge on any atom is 0.0345 e. The average molecular weight is 259 g/mol. The maximum absolute atomic E-state index is 3.95. The molecule has 0 aliphatic heterocycles. The van der Waals surface area contributed by atoms with Crippen LogP contribution in [-0.2, 0) is 0 Å². The third-order valence-corrected chi connectivity index (χ3v) is 4.93. The van der Waals surface area contributed by atoms with E-state index in [9.17, 15) is 0 Å². The molecule has 2 rings (SSSR count). The first-order valence-corrected chi connectivity index (χ1v) is 7.90. The van der Waals surface area contributed by atoms with Crippen LogP contribution in [0.1, 0.15) is 58.6 Å². The van der Waals surface area contributed by atoms with Gasteiger partial charge >= 0.3 is 0 Å². The minimum Gasteiger partial charge on any atom is -0.307 e. The van der Waals surface area contributed by atoms with Gasteiger partial charge in [-0.05, 0) is 29.7 Å². The van der Waals surface area contributed by atoms with Crippen LogP contribution in [0.15, 0.2) is 30.3 Å². The predicted molar refractivity (Wildman–Crippen MR) is 83.1 cm³/mol. The summed E-state index contributed by atoms with van der Waals surface area (Å²) in [4.78, 5) is 0. The van der Waals surface area contributed by atoms with Gasteiger partial charge in [0.2, 0.25) is 0 Å². The molecule has 1 N–H and O–H groups in total. The first-order chi connectivity index (χ1) is 9.09. The van der Waals surface area contributed by atoms with Crippen molar-refractivity contribution >= 4 is 0 Å². The molecule has 0 heterocycles. The highest BCUT2D eigenvalue weighted by atomic mass is 15.0. The van der Waals surface area contributed by atoms with Gasteiger partial charge in [0.1, 0.15) is 0 Å². The zero-order chi connectivity index (χ0) is 13.8. The molecule has 0 aromatic heterocycles. The lowest BCUT2D eigenvalue weighted by Gasteiger charge is -2.38. The SMILES string of the molecule is CC(C)C(NC1CCCC(C)C1C)c1ccccc1. The van der Waals surface area contributed by atoms with Gasteiger partial charge < -0.3 is 5.32 Å². The van der Waals surface area contributed by atoms with E-state index < -0.39 is 0 Å². The zero-order valence-electron chi connectivity index (χ0n) is 12.9. The molecule has 0 saturated heterocycles. The van der Waals surface area contributed by atoms with Crippen LogP contribution >= 0.6 is 0 Å². The molecule has 4 unspecified atom stereocenters. The van der Waals surface area contributed by atoms with Crippen LogP contribution in [-0.4, -0.2) is 6.04 Å². The Morgan fingerprint density at radius 2 is 1.74 bits per heavy atom. The summed E-state index contributed by atoms with van der Waals surface area (Å²) in [5.41, 5.74) is 1.43. The molecular formula is C18H29N. The quantitative estimate of drug-likeness (QED) is 0.819. The van der Waals surface area contributed by atoms with Crippen molar-refractivity contribution < 1.29 is 0 Å². The van der Waals surface area contributed by atoms with E-state index in [1.54, 1.807) is 0 Å². The Balaban J connectivity index is 2.09. The summed E-state index contributed by atoms with van der Waals surface area (Å²) in [6.07, 6.45) is 4.11. The van der Waals surface area contributed by atoms with Crippen LogP contribution in [0, 0.1) is 17.8 Å². The second-order valence-corrected chi connectivity index (χ2v) is 6.67. The highest BCUT2D eigenvalue weighted by molar-refractivity contribution is 5.19. The van der Waals surface area contributed by atoms with Crippen molar-refractivity contribution in [1.29, 1.82) is 0 Å². The van der Waals surface area contributed by atoms with Crippen LogP contribution in [0.5, 0.6) is 0 Å². The molecule has 0 bridgehead atoms.